The quantitative estimate of drug-likeness (QED) is 0.698. The van der Waals surface area contributed by atoms with E-state index in [1.165, 1.54) is 12.1 Å². The van der Waals surface area contributed by atoms with Gasteiger partial charge in [0.1, 0.15) is 11.3 Å². The van der Waals surface area contributed by atoms with Gasteiger partial charge in [0.2, 0.25) is 5.91 Å². The first-order valence-electron chi connectivity index (χ1n) is 9.22. The summed E-state index contributed by atoms with van der Waals surface area (Å²) in [6.45, 7) is 2.58. The summed E-state index contributed by atoms with van der Waals surface area (Å²) < 4.78 is 40.5. The summed E-state index contributed by atoms with van der Waals surface area (Å²) in [7, 11) is 0. The number of amides is 2. The highest BCUT2D eigenvalue weighted by Gasteiger charge is 2.40. The summed E-state index contributed by atoms with van der Waals surface area (Å²) >= 11 is 0. The van der Waals surface area contributed by atoms with Gasteiger partial charge < -0.3 is 15.4 Å². The zero-order valence-electron chi connectivity index (χ0n) is 15.3. The lowest BCUT2D eigenvalue weighted by atomic mass is 9.80. The van der Waals surface area contributed by atoms with Gasteiger partial charge in [-0.3, -0.25) is 9.59 Å². The van der Waals surface area contributed by atoms with E-state index < -0.39 is 23.6 Å². The number of hydrogen-bond acceptors (Lipinski definition) is 3. The van der Waals surface area contributed by atoms with E-state index in [-0.39, 0.29) is 11.5 Å². The molecule has 27 heavy (non-hydrogen) atoms. The summed E-state index contributed by atoms with van der Waals surface area (Å²) in [5.74, 6) is -1.08. The van der Waals surface area contributed by atoms with Crippen molar-refractivity contribution in [3.63, 3.8) is 0 Å². The van der Waals surface area contributed by atoms with Crippen LogP contribution in [0.4, 0.5) is 13.2 Å². The molecule has 1 aromatic carbocycles. The fraction of sp³-hybridized carbons (Fsp3) is 0.579. The van der Waals surface area contributed by atoms with Crippen LogP contribution in [0.5, 0.6) is 5.75 Å². The van der Waals surface area contributed by atoms with Crippen LogP contribution >= 0.6 is 0 Å². The molecule has 5 nitrogen and oxygen atoms in total. The van der Waals surface area contributed by atoms with Crippen molar-refractivity contribution in [3.05, 3.63) is 29.8 Å². The summed E-state index contributed by atoms with van der Waals surface area (Å²) in [5.41, 5.74) is -0.791. The average Bonchev–Trinajstić information content (AvgIpc) is 2.62. The number of ether oxygens (including phenoxy) is 1. The number of carbonyl (C=O) groups excluding carboxylic acids is 2. The molecule has 2 amide bonds. The second-order valence-electron chi connectivity index (χ2n) is 6.78. The maximum absolute atomic E-state index is 12.7. The number of hydrogen-bond donors (Lipinski definition) is 2. The van der Waals surface area contributed by atoms with Crippen molar-refractivity contribution in [1.82, 2.24) is 10.6 Å². The predicted molar refractivity (Wildman–Crippen MR) is 94.3 cm³/mol. The molecular weight excluding hydrogens is 361 g/mol. The standard InChI is InChI=1S/C19H25F3N2O3/c1-2-3-13-23-17(26)18(11-5-4-6-12-18)24-16(25)14-7-9-15(10-8-14)27-19(20,21)22/h7-10H,2-6,11-13H2,1H3,(H,23,26)(H,24,25). The Kier molecular flexibility index (Phi) is 7.10. The van der Waals surface area contributed by atoms with Crippen molar-refractivity contribution in [1.29, 1.82) is 0 Å². The van der Waals surface area contributed by atoms with E-state index in [0.717, 1.165) is 44.2 Å². The first-order chi connectivity index (χ1) is 12.8. The van der Waals surface area contributed by atoms with Gasteiger partial charge in [-0.05, 0) is 43.5 Å². The monoisotopic (exact) mass is 386 g/mol. The molecule has 0 atom stereocenters. The van der Waals surface area contributed by atoms with Crippen molar-refractivity contribution in [2.75, 3.05) is 6.54 Å². The molecule has 0 bridgehead atoms. The van der Waals surface area contributed by atoms with E-state index in [0.29, 0.717) is 19.4 Å². The number of carbonyl (C=O) groups is 2. The Bertz CT molecular complexity index is 639. The lowest BCUT2D eigenvalue weighted by Gasteiger charge is -2.36. The third-order valence-electron chi connectivity index (χ3n) is 4.66. The first-order valence-corrected chi connectivity index (χ1v) is 9.22. The average molecular weight is 386 g/mol. The molecule has 1 fully saturated rings. The topological polar surface area (TPSA) is 67.4 Å². The van der Waals surface area contributed by atoms with Crippen LogP contribution in [0.1, 0.15) is 62.2 Å². The van der Waals surface area contributed by atoms with Crippen LogP contribution in [0.2, 0.25) is 0 Å². The highest BCUT2D eigenvalue weighted by molar-refractivity contribution is 5.99. The molecule has 0 radical (unpaired) electrons. The maximum Gasteiger partial charge on any atom is 0.573 e. The molecule has 1 saturated carbocycles. The minimum atomic E-state index is -4.79. The van der Waals surface area contributed by atoms with E-state index in [4.69, 9.17) is 0 Å². The molecular formula is C19H25F3N2O3. The highest BCUT2D eigenvalue weighted by atomic mass is 19.4. The Morgan fingerprint density at radius 2 is 1.74 bits per heavy atom. The normalized spacial score (nSPS) is 16.4. The molecule has 0 saturated heterocycles. The number of rotatable bonds is 7. The highest BCUT2D eigenvalue weighted by Crippen LogP contribution is 2.29. The molecule has 2 N–H and O–H groups in total. The number of benzene rings is 1. The fourth-order valence-corrected chi connectivity index (χ4v) is 3.21. The van der Waals surface area contributed by atoms with Gasteiger partial charge in [-0.2, -0.15) is 0 Å². The zero-order chi connectivity index (χ0) is 19.9. The van der Waals surface area contributed by atoms with Crippen LogP contribution in [-0.2, 0) is 4.79 Å². The molecule has 0 heterocycles. The molecule has 150 valence electrons. The van der Waals surface area contributed by atoms with Gasteiger partial charge in [-0.25, -0.2) is 0 Å². The number of halogens is 3. The summed E-state index contributed by atoms with van der Waals surface area (Å²) in [6.07, 6.45) is 0.788. The summed E-state index contributed by atoms with van der Waals surface area (Å²) in [4.78, 5) is 25.3. The predicted octanol–water partition coefficient (Wildman–Crippen LogP) is 3.93. The first kappa shape index (κ1) is 21.1. The largest absolute Gasteiger partial charge is 0.573 e. The molecule has 0 spiro atoms. The molecule has 2 rings (SSSR count). The number of nitrogens with one attached hydrogen (secondary N) is 2. The van der Waals surface area contributed by atoms with Crippen molar-refractivity contribution in [3.8, 4) is 5.75 Å². The van der Waals surface area contributed by atoms with Gasteiger partial charge in [-0.1, -0.05) is 32.6 Å². The summed E-state index contributed by atoms with van der Waals surface area (Å²) in [5, 5.41) is 5.72. The second kappa shape index (κ2) is 9.10. The smallest absolute Gasteiger partial charge is 0.406 e. The molecule has 1 aromatic rings. The second-order valence-corrected chi connectivity index (χ2v) is 6.78. The lowest BCUT2D eigenvalue weighted by molar-refractivity contribution is -0.274. The molecule has 0 unspecified atom stereocenters. The van der Waals surface area contributed by atoms with Crippen molar-refractivity contribution >= 4 is 11.8 Å². The van der Waals surface area contributed by atoms with Crippen LogP contribution in [0.25, 0.3) is 0 Å². The molecule has 0 aliphatic heterocycles. The SMILES string of the molecule is CCCCNC(=O)C1(NC(=O)c2ccc(OC(F)(F)F)cc2)CCCCC1. The Morgan fingerprint density at radius 1 is 1.11 bits per heavy atom. The van der Waals surface area contributed by atoms with E-state index in [1.54, 1.807) is 0 Å². The number of alkyl halides is 3. The van der Waals surface area contributed by atoms with Crippen molar-refractivity contribution in [2.24, 2.45) is 0 Å². The fourth-order valence-electron chi connectivity index (χ4n) is 3.21. The minimum absolute atomic E-state index is 0.177. The van der Waals surface area contributed by atoms with E-state index in [1.807, 2.05) is 6.92 Å². The minimum Gasteiger partial charge on any atom is -0.406 e. The van der Waals surface area contributed by atoms with Crippen molar-refractivity contribution < 1.29 is 27.5 Å². The van der Waals surface area contributed by atoms with Gasteiger partial charge >= 0.3 is 6.36 Å². The third kappa shape index (κ3) is 6.15. The van der Waals surface area contributed by atoms with E-state index >= 15 is 0 Å². The van der Waals surface area contributed by atoms with Gasteiger partial charge in [-0.15, -0.1) is 13.2 Å². The maximum atomic E-state index is 12.7. The van der Waals surface area contributed by atoms with Gasteiger partial charge in [0.05, 0.1) is 0 Å². The van der Waals surface area contributed by atoms with E-state index in [9.17, 15) is 22.8 Å². The van der Waals surface area contributed by atoms with Crippen LogP contribution < -0.4 is 15.4 Å². The molecule has 1 aliphatic rings. The Labute approximate surface area is 156 Å². The van der Waals surface area contributed by atoms with Crippen LogP contribution in [0, 0.1) is 0 Å². The zero-order valence-corrected chi connectivity index (χ0v) is 15.3. The van der Waals surface area contributed by atoms with Gasteiger partial charge in [0.25, 0.3) is 5.91 Å². The number of unbranched alkanes of at least 4 members (excludes halogenated alkanes) is 1. The van der Waals surface area contributed by atoms with Crippen LogP contribution in [0.3, 0.4) is 0 Å². The molecule has 0 aromatic heterocycles. The van der Waals surface area contributed by atoms with Crippen LogP contribution in [-0.4, -0.2) is 30.3 Å². The lowest BCUT2D eigenvalue weighted by Crippen LogP contribution is -2.59. The van der Waals surface area contributed by atoms with Crippen molar-refractivity contribution in [2.45, 2.75) is 63.8 Å². The van der Waals surface area contributed by atoms with E-state index in [2.05, 4.69) is 15.4 Å². The molecule has 8 heteroatoms. The third-order valence-corrected chi connectivity index (χ3v) is 4.66. The Balaban J connectivity index is 2.08. The Hall–Kier alpha value is -2.25. The van der Waals surface area contributed by atoms with Gasteiger partial charge in [0, 0.05) is 12.1 Å². The Morgan fingerprint density at radius 3 is 2.30 bits per heavy atom. The van der Waals surface area contributed by atoms with Gasteiger partial charge in [0.15, 0.2) is 0 Å². The molecule has 1 aliphatic carbocycles. The summed E-state index contributed by atoms with van der Waals surface area (Å²) in [6, 6.07) is 4.67. The van der Waals surface area contributed by atoms with Crippen LogP contribution in [0.15, 0.2) is 24.3 Å².